The monoisotopic (exact) mass is 382 g/mol. The van der Waals surface area contributed by atoms with Gasteiger partial charge < -0.3 is 19.6 Å². The Kier molecular flexibility index (Phi) is 4.92. The van der Waals surface area contributed by atoms with Gasteiger partial charge in [-0.3, -0.25) is 9.59 Å². The normalized spacial score (nSPS) is 20.7. The summed E-state index contributed by atoms with van der Waals surface area (Å²) in [5.41, 5.74) is 1.57. The van der Waals surface area contributed by atoms with Crippen molar-refractivity contribution in [2.45, 2.75) is 12.5 Å². The molecule has 0 saturated carbocycles. The third-order valence-electron chi connectivity index (χ3n) is 5.59. The quantitative estimate of drug-likeness (QED) is 0.751. The Morgan fingerprint density at radius 3 is 2.39 bits per heavy atom. The van der Waals surface area contributed by atoms with Crippen LogP contribution in [0.2, 0.25) is 0 Å². The lowest BCUT2D eigenvalue weighted by atomic mass is 10.1. The van der Waals surface area contributed by atoms with E-state index in [-0.39, 0.29) is 30.0 Å². The maximum absolute atomic E-state index is 13.1. The second kappa shape index (κ2) is 7.52. The zero-order valence-corrected chi connectivity index (χ0v) is 15.8. The molecular formula is C21H24N3O4+. The number of anilines is 2. The third kappa shape index (κ3) is 3.29. The minimum absolute atomic E-state index is 0.150. The van der Waals surface area contributed by atoms with Gasteiger partial charge in [0.1, 0.15) is 11.5 Å². The van der Waals surface area contributed by atoms with Crippen LogP contribution in [0, 0.1) is 0 Å². The van der Waals surface area contributed by atoms with Gasteiger partial charge in [-0.15, -0.1) is 0 Å². The van der Waals surface area contributed by atoms with Crippen LogP contribution in [0.5, 0.6) is 11.5 Å². The predicted molar refractivity (Wildman–Crippen MR) is 105 cm³/mol. The summed E-state index contributed by atoms with van der Waals surface area (Å²) in [5.74, 6) is 0.451. The average Bonchev–Trinajstić information content (AvgIpc) is 3.02. The van der Waals surface area contributed by atoms with Crippen LogP contribution in [0.25, 0.3) is 0 Å². The number of hydrogen-bond donors (Lipinski definition) is 2. The van der Waals surface area contributed by atoms with E-state index in [2.05, 4.69) is 4.90 Å². The molecule has 2 N–H and O–H groups in total. The number of methoxy groups -OCH3 is 1. The van der Waals surface area contributed by atoms with Crippen molar-refractivity contribution in [1.82, 2.24) is 0 Å². The fourth-order valence-electron chi connectivity index (χ4n) is 4.08. The van der Waals surface area contributed by atoms with Crippen molar-refractivity contribution in [3.05, 3.63) is 48.5 Å². The first-order chi connectivity index (χ1) is 13.6. The molecule has 2 aromatic carbocycles. The molecule has 2 saturated heterocycles. The summed E-state index contributed by atoms with van der Waals surface area (Å²) in [5, 5.41) is 9.45. The lowest BCUT2D eigenvalue weighted by Crippen LogP contribution is -3.19. The smallest absolute Gasteiger partial charge is 0.292 e. The molecule has 0 radical (unpaired) electrons. The first-order valence-corrected chi connectivity index (χ1v) is 9.47. The standard InChI is InChI=1S/C21H23N3O4/c1-28-19-5-3-2-4-17(19)24-20(26)14-18(21(24)27)23-12-10-22(11-13-23)15-6-8-16(25)9-7-15/h2-9,18,25H,10-14H2,1H3/p+1/t18-/m1/s1. The number of quaternary nitrogens is 1. The summed E-state index contributed by atoms with van der Waals surface area (Å²) in [4.78, 5) is 30.3. The first kappa shape index (κ1) is 18.3. The van der Waals surface area contributed by atoms with Crippen molar-refractivity contribution in [2.75, 3.05) is 43.1 Å². The molecule has 4 rings (SSSR count). The van der Waals surface area contributed by atoms with Gasteiger partial charge in [-0.2, -0.15) is 0 Å². The van der Waals surface area contributed by atoms with Crippen molar-refractivity contribution in [3.8, 4) is 11.5 Å². The van der Waals surface area contributed by atoms with E-state index >= 15 is 0 Å². The number of ether oxygens (including phenoxy) is 1. The molecular weight excluding hydrogens is 358 g/mol. The fourth-order valence-corrected chi connectivity index (χ4v) is 4.08. The number of carbonyl (C=O) groups is 2. The Hall–Kier alpha value is -3.06. The fraction of sp³-hybridized carbons (Fsp3) is 0.333. The number of amides is 2. The van der Waals surface area contributed by atoms with Gasteiger partial charge in [-0.1, -0.05) is 12.1 Å². The molecule has 0 aromatic heterocycles. The maximum atomic E-state index is 13.1. The Balaban J connectivity index is 1.45. The Bertz CT molecular complexity index is 875. The highest BCUT2D eigenvalue weighted by molar-refractivity contribution is 6.22. The van der Waals surface area contributed by atoms with E-state index in [4.69, 9.17) is 4.74 Å². The number of nitrogens with one attached hydrogen (secondary N) is 1. The predicted octanol–water partition coefficient (Wildman–Crippen LogP) is 0.438. The molecule has 146 valence electrons. The van der Waals surface area contributed by atoms with Gasteiger partial charge in [-0.05, 0) is 36.4 Å². The molecule has 0 spiro atoms. The van der Waals surface area contributed by atoms with E-state index in [1.807, 2.05) is 18.2 Å². The highest BCUT2D eigenvalue weighted by Gasteiger charge is 2.47. The number of phenolic OH excluding ortho intramolecular Hbond substituents is 1. The topological polar surface area (TPSA) is 74.5 Å². The van der Waals surface area contributed by atoms with Crippen molar-refractivity contribution in [2.24, 2.45) is 0 Å². The molecule has 7 heteroatoms. The number of phenols is 1. The maximum Gasteiger partial charge on any atom is 0.292 e. The number of aromatic hydroxyl groups is 1. The number of hydrogen-bond acceptors (Lipinski definition) is 5. The summed E-state index contributed by atoms with van der Waals surface area (Å²) >= 11 is 0. The van der Waals surface area contributed by atoms with Crippen LogP contribution in [0.3, 0.4) is 0 Å². The van der Waals surface area contributed by atoms with Crippen LogP contribution >= 0.6 is 0 Å². The first-order valence-electron chi connectivity index (χ1n) is 9.47. The zero-order chi connectivity index (χ0) is 19.7. The summed E-state index contributed by atoms with van der Waals surface area (Å²) in [6.45, 7) is 3.16. The van der Waals surface area contributed by atoms with Crippen LogP contribution in [0.15, 0.2) is 48.5 Å². The lowest BCUT2D eigenvalue weighted by molar-refractivity contribution is -0.915. The van der Waals surface area contributed by atoms with Gasteiger partial charge in [0, 0.05) is 5.69 Å². The molecule has 0 unspecified atom stereocenters. The Morgan fingerprint density at radius 2 is 1.71 bits per heavy atom. The summed E-state index contributed by atoms with van der Waals surface area (Å²) in [6, 6.07) is 13.9. The van der Waals surface area contributed by atoms with E-state index in [1.165, 1.54) is 12.0 Å². The molecule has 2 aliphatic rings. The van der Waals surface area contributed by atoms with E-state index in [0.717, 1.165) is 36.8 Å². The molecule has 0 aliphatic carbocycles. The number of piperazine rings is 1. The van der Waals surface area contributed by atoms with Crippen molar-refractivity contribution < 1.29 is 24.3 Å². The average molecular weight is 382 g/mol. The molecule has 0 bridgehead atoms. The largest absolute Gasteiger partial charge is 0.508 e. The van der Waals surface area contributed by atoms with Crippen molar-refractivity contribution in [3.63, 3.8) is 0 Å². The minimum atomic E-state index is -0.348. The summed E-state index contributed by atoms with van der Waals surface area (Å²) in [6.07, 6.45) is 0.228. The molecule has 7 nitrogen and oxygen atoms in total. The number of rotatable bonds is 4. The molecule has 28 heavy (non-hydrogen) atoms. The van der Waals surface area contributed by atoms with Gasteiger partial charge in [-0.25, -0.2) is 4.90 Å². The van der Waals surface area contributed by atoms with Crippen LogP contribution in [-0.2, 0) is 9.59 Å². The van der Waals surface area contributed by atoms with Gasteiger partial charge in [0.15, 0.2) is 6.04 Å². The zero-order valence-electron chi connectivity index (χ0n) is 15.8. The third-order valence-corrected chi connectivity index (χ3v) is 5.59. The second-order valence-corrected chi connectivity index (χ2v) is 7.16. The van der Waals surface area contributed by atoms with Crippen LogP contribution in [0.4, 0.5) is 11.4 Å². The number of benzene rings is 2. The van der Waals surface area contributed by atoms with Gasteiger partial charge >= 0.3 is 0 Å². The number of carbonyl (C=O) groups excluding carboxylic acids is 2. The highest BCUT2D eigenvalue weighted by Crippen LogP contribution is 2.31. The van der Waals surface area contributed by atoms with E-state index in [1.54, 1.807) is 30.3 Å². The van der Waals surface area contributed by atoms with E-state index < -0.39 is 0 Å². The molecule has 2 aliphatic heterocycles. The van der Waals surface area contributed by atoms with Crippen molar-refractivity contribution in [1.29, 1.82) is 0 Å². The summed E-state index contributed by atoms with van der Waals surface area (Å²) < 4.78 is 5.33. The molecule has 2 amide bonds. The van der Waals surface area contributed by atoms with Crippen LogP contribution in [0.1, 0.15) is 6.42 Å². The molecule has 2 aromatic rings. The SMILES string of the molecule is COc1ccccc1N1C(=O)C[C@@H]([NH+]2CCN(c3ccc(O)cc3)CC2)C1=O. The number of imide groups is 1. The number of para-hydroxylation sites is 2. The molecule has 2 heterocycles. The van der Waals surface area contributed by atoms with Crippen LogP contribution in [-0.4, -0.2) is 56.3 Å². The Labute approximate surface area is 163 Å². The molecule has 1 atom stereocenters. The van der Waals surface area contributed by atoms with Gasteiger partial charge in [0.05, 0.1) is 45.4 Å². The molecule has 2 fully saturated rings. The van der Waals surface area contributed by atoms with E-state index in [9.17, 15) is 14.7 Å². The number of nitrogens with zero attached hydrogens (tertiary/aromatic N) is 2. The summed E-state index contributed by atoms with van der Waals surface area (Å²) in [7, 11) is 1.54. The van der Waals surface area contributed by atoms with Crippen molar-refractivity contribution >= 4 is 23.2 Å². The van der Waals surface area contributed by atoms with E-state index in [0.29, 0.717) is 11.4 Å². The Morgan fingerprint density at radius 1 is 1.04 bits per heavy atom. The second-order valence-electron chi connectivity index (χ2n) is 7.16. The van der Waals surface area contributed by atoms with Gasteiger partial charge in [0.2, 0.25) is 5.91 Å². The highest BCUT2D eigenvalue weighted by atomic mass is 16.5. The lowest BCUT2D eigenvalue weighted by Gasteiger charge is -2.35. The van der Waals surface area contributed by atoms with Gasteiger partial charge in [0.25, 0.3) is 5.91 Å². The van der Waals surface area contributed by atoms with Crippen LogP contribution < -0.4 is 19.4 Å². The minimum Gasteiger partial charge on any atom is -0.508 e.